The van der Waals surface area contributed by atoms with E-state index in [-0.39, 0.29) is 0 Å². The lowest BCUT2D eigenvalue weighted by Crippen LogP contribution is -1.99. The van der Waals surface area contributed by atoms with Crippen LogP contribution in [0.3, 0.4) is 0 Å². The first kappa shape index (κ1) is 14.9. The third-order valence-corrected chi connectivity index (χ3v) is 3.60. The van der Waals surface area contributed by atoms with Gasteiger partial charge in [0.25, 0.3) is 0 Å². The number of benzene rings is 1. The smallest absolute Gasteiger partial charge is 0.144 e. The second-order valence-electron chi connectivity index (χ2n) is 4.16. The molecule has 6 heteroatoms. The van der Waals surface area contributed by atoms with Gasteiger partial charge >= 0.3 is 0 Å². The van der Waals surface area contributed by atoms with Crippen LogP contribution >= 0.6 is 27.5 Å². The highest BCUT2D eigenvalue weighted by molar-refractivity contribution is 9.10. The second-order valence-corrected chi connectivity index (χ2v) is 5.42. The molecule has 1 aromatic heterocycles. The Labute approximate surface area is 131 Å². The molecule has 0 saturated heterocycles. The highest BCUT2D eigenvalue weighted by Gasteiger charge is 2.12. The Morgan fingerprint density at radius 2 is 1.85 bits per heavy atom. The monoisotopic (exact) mass is 356 g/mol. The van der Waals surface area contributed by atoms with E-state index < -0.39 is 0 Å². The fraction of sp³-hybridized carbons (Fsp3) is 0.214. The lowest BCUT2D eigenvalue weighted by atomic mass is 10.2. The molecule has 0 spiro atoms. The number of aryl methyl sites for hydroxylation is 1. The van der Waals surface area contributed by atoms with Crippen molar-refractivity contribution in [2.24, 2.45) is 0 Å². The average Bonchev–Trinajstić information content (AvgIpc) is 2.43. The molecule has 1 heterocycles. The number of nitrogens with zero attached hydrogens (tertiary/aromatic N) is 1. The molecule has 106 valence electrons. The molecule has 0 aliphatic heterocycles. The average molecular weight is 358 g/mol. The Morgan fingerprint density at radius 1 is 1.15 bits per heavy atom. The van der Waals surface area contributed by atoms with E-state index in [2.05, 4.69) is 26.2 Å². The van der Waals surface area contributed by atoms with E-state index in [9.17, 15) is 0 Å². The Hall–Kier alpha value is -1.46. The van der Waals surface area contributed by atoms with E-state index in [1.165, 1.54) is 0 Å². The van der Waals surface area contributed by atoms with E-state index in [0.717, 1.165) is 15.7 Å². The van der Waals surface area contributed by atoms with Crippen LogP contribution in [0.4, 0.5) is 11.5 Å². The summed E-state index contributed by atoms with van der Waals surface area (Å²) in [7, 11) is 3.15. The largest absolute Gasteiger partial charge is 0.495 e. The van der Waals surface area contributed by atoms with Gasteiger partial charge in [0, 0.05) is 18.3 Å². The van der Waals surface area contributed by atoms with Crippen molar-refractivity contribution < 1.29 is 9.47 Å². The zero-order valence-electron chi connectivity index (χ0n) is 11.3. The Balaban J connectivity index is 2.41. The molecule has 1 N–H and O–H groups in total. The number of ether oxygens (including phenoxy) is 2. The Morgan fingerprint density at radius 3 is 2.45 bits per heavy atom. The summed E-state index contributed by atoms with van der Waals surface area (Å²) in [5, 5.41) is 3.69. The van der Waals surface area contributed by atoms with Crippen LogP contribution < -0.4 is 14.8 Å². The molecular weight excluding hydrogens is 344 g/mol. The highest BCUT2D eigenvalue weighted by Crippen LogP contribution is 2.38. The number of rotatable bonds is 4. The lowest BCUT2D eigenvalue weighted by Gasteiger charge is -2.14. The maximum atomic E-state index is 6.08. The number of hydrogen-bond donors (Lipinski definition) is 1. The van der Waals surface area contributed by atoms with Crippen LogP contribution in [0, 0.1) is 6.92 Å². The van der Waals surface area contributed by atoms with Gasteiger partial charge in [0.1, 0.15) is 17.3 Å². The molecule has 1 aromatic carbocycles. The molecule has 2 aromatic rings. The molecular formula is C14H14BrClN2O2. The van der Waals surface area contributed by atoms with Gasteiger partial charge in [0.15, 0.2) is 0 Å². The van der Waals surface area contributed by atoms with Gasteiger partial charge in [-0.05, 0) is 34.5 Å². The van der Waals surface area contributed by atoms with Crippen LogP contribution in [-0.2, 0) is 0 Å². The summed E-state index contributed by atoms with van der Waals surface area (Å²) >= 11 is 9.56. The van der Waals surface area contributed by atoms with Gasteiger partial charge in [0.05, 0.1) is 29.4 Å². The number of methoxy groups -OCH3 is 2. The summed E-state index contributed by atoms with van der Waals surface area (Å²) in [4.78, 5) is 4.34. The Bertz CT molecular complexity index is 635. The highest BCUT2D eigenvalue weighted by atomic mass is 79.9. The maximum absolute atomic E-state index is 6.08. The first-order valence-electron chi connectivity index (χ1n) is 5.86. The summed E-state index contributed by atoms with van der Waals surface area (Å²) in [6.07, 6.45) is 1.78. The maximum Gasteiger partial charge on any atom is 0.144 e. The minimum Gasteiger partial charge on any atom is -0.495 e. The van der Waals surface area contributed by atoms with Crippen molar-refractivity contribution in [1.82, 2.24) is 4.98 Å². The summed E-state index contributed by atoms with van der Waals surface area (Å²) in [5.74, 6) is 1.88. The van der Waals surface area contributed by atoms with Crippen molar-refractivity contribution in [2.45, 2.75) is 6.92 Å². The van der Waals surface area contributed by atoms with Crippen LogP contribution in [-0.4, -0.2) is 19.2 Å². The van der Waals surface area contributed by atoms with E-state index >= 15 is 0 Å². The third-order valence-electron chi connectivity index (χ3n) is 2.70. The van der Waals surface area contributed by atoms with Crippen molar-refractivity contribution >= 4 is 39.0 Å². The molecule has 0 aliphatic carbocycles. The number of nitrogens with one attached hydrogen (secondary N) is 1. The van der Waals surface area contributed by atoms with Crippen molar-refractivity contribution in [3.8, 4) is 11.5 Å². The van der Waals surface area contributed by atoms with E-state index in [1.807, 2.05) is 13.0 Å². The van der Waals surface area contributed by atoms with Gasteiger partial charge in [-0.25, -0.2) is 4.98 Å². The summed E-state index contributed by atoms with van der Waals surface area (Å²) in [6, 6.07) is 5.45. The number of pyridine rings is 1. The zero-order valence-corrected chi connectivity index (χ0v) is 13.7. The van der Waals surface area contributed by atoms with Crippen LogP contribution in [0.1, 0.15) is 5.56 Å². The van der Waals surface area contributed by atoms with E-state index in [1.54, 1.807) is 32.5 Å². The molecule has 4 nitrogen and oxygen atoms in total. The third kappa shape index (κ3) is 3.16. The molecule has 0 atom stereocenters. The van der Waals surface area contributed by atoms with Gasteiger partial charge in [-0.2, -0.15) is 0 Å². The number of aromatic nitrogens is 1. The van der Waals surface area contributed by atoms with Gasteiger partial charge in [-0.15, -0.1) is 0 Å². The molecule has 0 unspecified atom stereocenters. The van der Waals surface area contributed by atoms with E-state index in [4.69, 9.17) is 21.1 Å². The standard InChI is InChI=1S/C14H14BrClN2O2/c1-8-4-9(15)14(17-7-8)18-11-6-12(19-2)10(16)5-13(11)20-3/h4-7H,1-3H3,(H,17,18). The fourth-order valence-corrected chi connectivity index (χ4v) is 2.50. The van der Waals surface area contributed by atoms with E-state index in [0.29, 0.717) is 22.3 Å². The molecule has 0 fully saturated rings. The topological polar surface area (TPSA) is 43.4 Å². The molecule has 2 rings (SSSR count). The van der Waals surface area contributed by atoms with Crippen molar-refractivity contribution in [1.29, 1.82) is 0 Å². The summed E-state index contributed by atoms with van der Waals surface area (Å²) in [6.45, 7) is 1.98. The van der Waals surface area contributed by atoms with Gasteiger partial charge < -0.3 is 14.8 Å². The molecule has 0 saturated carbocycles. The first-order valence-corrected chi connectivity index (χ1v) is 7.03. The number of halogens is 2. The quantitative estimate of drug-likeness (QED) is 0.870. The van der Waals surface area contributed by atoms with Crippen LogP contribution in [0.5, 0.6) is 11.5 Å². The van der Waals surface area contributed by atoms with Crippen LogP contribution in [0.25, 0.3) is 0 Å². The SMILES string of the molecule is COc1cc(Nc2ncc(C)cc2Br)c(OC)cc1Cl. The lowest BCUT2D eigenvalue weighted by molar-refractivity contribution is 0.405. The molecule has 0 bridgehead atoms. The van der Waals surface area contributed by atoms with Crippen LogP contribution in [0.2, 0.25) is 5.02 Å². The Kier molecular flexibility index (Phi) is 4.73. The molecule has 20 heavy (non-hydrogen) atoms. The fourth-order valence-electron chi connectivity index (χ4n) is 1.71. The second kappa shape index (κ2) is 6.33. The summed E-state index contributed by atoms with van der Waals surface area (Å²) < 4.78 is 11.4. The summed E-state index contributed by atoms with van der Waals surface area (Å²) in [5.41, 5.74) is 1.80. The predicted molar refractivity (Wildman–Crippen MR) is 84.5 cm³/mol. The number of hydrogen-bond acceptors (Lipinski definition) is 4. The zero-order chi connectivity index (χ0) is 14.7. The molecule has 0 amide bonds. The first-order chi connectivity index (χ1) is 9.55. The van der Waals surface area contributed by atoms with Gasteiger partial charge in [-0.1, -0.05) is 11.6 Å². The minimum atomic E-state index is 0.492. The number of anilines is 2. The van der Waals surface area contributed by atoms with Crippen molar-refractivity contribution in [3.63, 3.8) is 0 Å². The van der Waals surface area contributed by atoms with Gasteiger partial charge in [0.2, 0.25) is 0 Å². The van der Waals surface area contributed by atoms with Crippen molar-refractivity contribution in [2.75, 3.05) is 19.5 Å². The van der Waals surface area contributed by atoms with Gasteiger partial charge in [-0.3, -0.25) is 0 Å². The van der Waals surface area contributed by atoms with Crippen LogP contribution in [0.15, 0.2) is 28.9 Å². The molecule has 0 radical (unpaired) electrons. The van der Waals surface area contributed by atoms with Crippen molar-refractivity contribution in [3.05, 3.63) is 39.5 Å². The predicted octanol–water partition coefficient (Wildman–Crippen LogP) is 4.57. The molecule has 0 aliphatic rings. The normalized spacial score (nSPS) is 10.2. The minimum absolute atomic E-state index is 0.492.